The number of hydrogen-bond acceptors (Lipinski definition) is 4. The molecular formula is C10H11NO5. The van der Waals surface area contributed by atoms with Gasteiger partial charge in [-0.05, 0) is 19.9 Å². The number of nitrogens with zero attached hydrogens (tertiary/aromatic N) is 1. The van der Waals surface area contributed by atoms with Gasteiger partial charge in [-0.1, -0.05) is 6.07 Å². The predicted molar refractivity (Wildman–Crippen MR) is 55.6 cm³/mol. The summed E-state index contributed by atoms with van der Waals surface area (Å²) in [4.78, 5) is 20.7. The van der Waals surface area contributed by atoms with E-state index in [0.717, 1.165) is 0 Å². The van der Waals surface area contributed by atoms with Crippen molar-refractivity contribution in [2.24, 2.45) is 0 Å². The van der Waals surface area contributed by atoms with Crippen LogP contribution in [0.4, 0.5) is 5.69 Å². The standard InChI is InChI=1S/C10H11NO5/c1-6-8(11(14)15)4-3-5-9(6)16-7(2)10(12)13/h3-5,7H,1-2H3,(H,12,13)/t7-/m0/s1. The first-order chi connectivity index (χ1) is 7.43. The summed E-state index contributed by atoms with van der Waals surface area (Å²) < 4.78 is 5.09. The number of nitro benzene ring substituents is 1. The first-order valence-electron chi connectivity index (χ1n) is 4.57. The molecule has 6 nitrogen and oxygen atoms in total. The highest BCUT2D eigenvalue weighted by atomic mass is 16.6. The van der Waals surface area contributed by atoms with Crippen molar-refractivity contribution >= 4 is 11.7 Å². The topological polar surface area (TPSA) is 89.7 Å². The molecule has 1 N–H and O–H groups in total. The van der Waals surface area contributed by atoms with Crippen molar-refractivity contribution in [2.75, 3.05) is 0 Å². The fourth-order valence-corrected chi connectivity index (χ4v) is 1.17. The molecule has 0 bridgehead atoms. The minimum absolute atomic E-state index is 0.0879. The predicted octanol–water partition coefficient (Wildman–Crippen LogP) is 1.76. The number of carbonyl (C=O) groups is 1. The zero-order valence-electron chi connectivity index (χ0n) is 8.84. The van der Waals surface area contributed by atoms with E-state index >= 15 is 0 Å². The molecule has 1 aromatic rings. The Bertz CT molecular complexity index is 429. The molecule has 16 heavy (non-hydrogen) atoms. The lowest BCUT2D eigenvalue weighted by Gasteiger charge is -2.12. The number of rotatable bonds is 4. The molecule has 0 radical (unpaired) electrons. The molecule has 0 amide bonds. The van der Waals surface area contributed by atoms with E-state index in [0.29, 0.717) is 5.56 Å². The Morgan fingerprint density at radius 1 is 1.56 bits per heavy atom. The SMILES string of the molecule is Cc1c(O[C@@H](C)C(=O)O)cccc1[N+](=O)[O-]. The van der Waals surface area contributed by atoms with Crippen LogP contribution in [0.1, 0.15) is 12.5 Å². The lowest BCUT2D eigenvalue weighted by molar-refractivity contribution is -0.385. The molecule has 86 valence electrons. The van der Waals surface area contributed by atoms with Crippen LogP contribution in [0.15, 0.2) is 18.2 Å². The Morgan fingerprint density at radius 2 is 2.19 bits per heavy atom. The van der Waals surface area contributed by atoms with Crippen LogP contribution >= 0.6 is 0 Å². The largest absolute Gasteiger partial charge is 0.479 e. The average Bonchev–Trinajstić information content (AvgIpc) is 2.20. The van der Waals surface area contributed by atoms with Gasteiger partial charge >= 0.3 is 5.97 Å². The molecule has 0 aromatic heterocycles. The van der Waals surface area contributed by atoms with Gasteiger partial charge in [0.2, 0.25) is 0 Å². The van der Waals surface area contributed by atoms with E-state index in [1.165, 1.54) is 32.0 Å². The second kappa shape index (κ2) is 4.61. The number of carboxylic acid groups (broad SMARTS) is 1. The third kappa shape index (κ3) is 2.47. The summed E-state index contributed by atoms with van der Waals surface area (Å²) in [5.74, 6) is -0.907. The van der Waals surface area contributed by atoms with E-state index in [2.05, 4.69) is 0 Å². The maximum Gasteiger partial charge on any atom is 0.344 e. The number of hydrogen-bond donors (Lipinski definition) is 1. The monoisotopic (exact) mass is 225 g/mol. The first kappa shape index (κ1) is 12.0. The summed E-state index contributed by atoms with van der Waals surface area (Å²) in [6.07, 6.45) is -1.04. The number of benzene rings is 1. The highest BCUT2D eigenvalue weighted by Crippen LogP contribution is 2.27. The fourth-order valence-electron chi connectivity index (χ4n) is 1.17. The van der Waals surface area contributed by atoms with Crippen molar-refractivity contribution in [1.29, 1.82) is 0 Å². The molecule has 6 heteroatoms. The van der Waals surface area contributed by atoms with E-state index in [9.17, 15) is 14.9 Å². The summed E-state index contributed by atoms with van der Waals surface area (Å²) in [6.45, 7) is 2.88. The van der Waals surface area contributed by atoms with Gasteiger partial charge in [-0.25, -0.2) is 4.79 Å². The van der Waals surface area contributed by atoms with Gasteiger partial charge in [0.1, 0.15) is 5.75 Å². The molecule has 0 spiro atoms. The molecule has 1 rings (SSSR count). The molecule has 1 aromatic carbocycles. The maximum atomic E-state index is 10.6. The minimum atomic E-state index is -1.12. The first-order valence-corrected chi connectivity index (χ1v) is 4.57. The minimum Gasteiger partial charge on any atom is -0.479 e. The van der Waals surface area contributed by atoms with Crippen molar-refractivity contribution in [1.82, 2.24) is 0 Å². The summed E-state index contributed by atoms with van der Waals surface area (Å²) in [5.41, 5.74) is 0.232. The number of nitro groups is 1. The van der Waals surface area contributed by atoms with Crippen LogP contribution in [0, 0.1) is 17.0 Å². The van der Waals surface area contributed by atoms with Crippen molar-refractivity contribution in [3.63, 3.8) is 0 Å². The Balaban J connectivity index is 3.02. The lowest BCUT2D eigenvalue weighted by Crippen LogP contribution is -2.23. The van der Waals surface area contributed by atoms with Gasteiger partial charge in [-0.2, -0.15) is 0 Å². The van der Waals surface area contributed by atoms with Crippen LogP contribution in [0.3, 0.4) is 0 Å². The second-order valence-corrected chi connectivity index (χ2v) is 3.26. The van der Waals surface area contributed by atoms with Crippen molar-refractivity contribution in [2.45, 2.75) is 20.0 Å². The van der Waals surface area contributed by atoms with E-state index < -0.39 is 17.0 Å². The van der Waals surface area contributed by atoms with Crippen LogP contribution in [0.5, 0.6) is 5.75 Å². The van der Waals surface area contributed by atoms with E-state index in [1.54, 1.807) is 0 Å². The Kier molecular flexibility index (Phi) is 3.44. The van der Waals surface area contributed by atoms with E-state index in [1.807, 2.05) is 0 Å². The van der Waals surface area contributed by atoms with Gasteiger partial charge in [-0.3, -0.25) is 10.1 Å². The molecule has 0 fully saturated rings. The van der Waals surface area contributed by atoms with Crippen molar-refractivity contribution in [3.05, 3.63) is 33.9 Å². The quantitative estimate of drug-likeness (QED) is 0.622. The van der Waals surface area contributed by atoms with Crippen LogP contribution in [-0.4, -0.2) is 22.1 Å². The molecule has 0 aliphatic carbocycles. The maximum absolute atomic E-state index is 10.6. The van der Waals surface area contributed by atoms with Gasteiger partial charge in [-0.15, -0.1) is 0 Å². The molecule has 0 aliphatic heterocycles. The van der Waals surface area contributed by atoms with Crippen LogP contribution in [0.25, 0.3) is 0 Å². The average molecular weight is 225 g/mol. The van der Waals surface area contributed by atoms with E-state index in [-0.39, 0.29) is 11.4 Å². The molecule has 1 atom stereocenters. The lowest BCUT2D eigenvalue weighted by atomic mass is 10.2. The summed E-state index contributed by atoms with van der Waals surface area (Å²) in [5, 5.41) is 19.3. The van der Waals surface area contributed by atoms with Crippen LogP contribution in [-0.2, 0) is 4.79 Å². The second-order valence-electron chi connectivity index (χ2n) is 3.26. The zero-order valence-corrected chi connectivity index (χ0v) is 8.84. The van der Waals surface area contributed by atoms with Gasteiger partial charge in [0.25, 0.3) is 5.69 Å². The van der Waals surface area contributed by atoms with Gasteiger partial charge < -0.3 is 9.84 Å². The Morgan fingerprint density at radius 3 is 2.69 bits per heavy atom. The van der Waals surface area contributed by atoms with Crippen molar-refractivity contribution in [3.8, 4) is 5.75 Å². The third-order valence-corrected chi connectivity index (χ3v) is 2.10. The molecule has 0 heterocycles. The number of aliphatic carboxylic acids is 1. The summed E-state index contributed by atoms with van der Waals surface area (Å²) in [6, 6.07) is 4.30. The smallest absolute Gasteiger partial charge is 0.344 e. The van der Waals surface area contributed by atoms with Crippen molar-refractivity contribution < 1.29 is 19.6 Å². The Labute approximate surface area is 91.6 Å². The normalized spacial score (nSPS) is 11.9. The Hall–Kier alpha value is -2.11. The van der Waals surface area contributed by atoms with Gasteiger partial charge in [0, 0.05) is 6.07 Å². The van der Waals surface area contributed by atoms with Gasteiger partial charge in [0.15, 0.2) is 6.10 Å². The number of carboxylic acids is 1. The third-order valence-electron chi connectivity index (χ3n) is 2.10. The van der Waals surface area contributed by atoms with Crippen LogP contribution in [0.2, 0.25) is 0 Å². The molecule has 0 unspecified atom stereocenters. The molecule has 0 saturated heterocycles. The van der Waals surface area contributed by atoms with Crippen LogP contribution < -0.4 is 4.74 Å². The molecular weight excluding hydrogens is 214 g/mol. The highest BCUT2D eigenvalue weighted by Gasteiger charge is 2.18. The van der Waals surface area contributed by atoms with E-state index in [4.69, 9.17) is 9.84 Å². The molecule has 0 saturated carbocycles. The molecule has 0 aliphatic rings. The zero-order chi connectivity index (χ0) is 12.3. The van der Waals surface area contributed by atoms with Gasteiger partial charge in [0.05, 0.1) is 10.5 Å². The number of ether oxygens (including phenoxy) is 1. The summed E-state index contributed by atoms with van der Waals surface area (Å²) in [7, 11) is 0. The fraction of sp³-hybridized carbons (Fsp3) is 0.300. The summed E-state index contributed by atoms with van der Waals surface area (Å²) >= 11 is 0. The highest BCUT2D eigenvalue weighted by molar-refractivity contribution is 5.72.